The molecule has 0 fully saturated rings. The summed E-state index contributed by atoms with van der Waals surface area (Å²) in [5.41, 5.74) is 1.78. The van der Waals surface area contributed by atoms with Crippen LogP contribution in [0.2, 0.25) is 0 Å². The highest BCUT2D eigenvalue weighted by molar-refractivity contribution is 7.15. The Balaban J connectivity index is 3.30. The Hall–Kier alpha value is -1.29. The highest BCUT2D eigenvalue weighted by Crippen LogP contribution is 2.37. The molecule has 0 aliphatic carbocycles. The van der Waals surface area contributed by atoms with Gasteiger partial charge >= 0.3 is 5.97 Å². The molecule has 1 aromatic rings. The molecule has 0 aromatic carbocycles. The molecule has 0 aliphatic rings. The predicted molar refractivity (Wildman–Crippen MR) is 61.4 cm³/mol. The van der Waals surface area contributed by atoms with E-state index in [0.29, 0.717) is 0 Å². The van der Waals surface area contributed by atoms with Gasteiger partial charge in [-0.3, -0.25) is 0 Å². The van der Waals surface area contributed by atoms with Crippen molar-refractivity contribution >= 4 is 22.9 Å². The summed E-state index contributed by atoms with van der Waals surface area (Å²) in [7, 11) is 1.30. The third-order valence-electron chi connectivity index (χ3n) is 2.28. The van der Waals surface area contributed by atoms with Crippen LogP contribution < -0.4 is 0 Å². The van der Waals surface area contributed by atoms with Crippen molar-refractivity contribution in [2.24, 2.45) is 0 Å². The van der Waals surface area contributed by atoms with E-state index in [-0.39, 0.29) is 10.6 Å². The maximum atomic E-state index is 11.3. The first-order valence-electron chi connectivity index (χ1n) is 4.56. The third-order valence-corrected chi connectivity index (χ3v) is 3.67. The van der Waals surface area contributed by atoms with Crippen molar-refractivity contribution in [1.29, 1.82) is 0 Å². The van der Waals surface area contributed by atoms with E-state index in [1.165, 1.54) is 18.4 Å². The summed E-state index contributed by atoms with van der Waals surface area (Å²) in [5.74, 6) is -0.459. The molecule has 1 rings (SSSR count). The quantitative estimate of drug-likeness (QED) is 0.788. The van der Waals surface area contributed by atoms with E-state index in [0.717, 1.165) is 16.0 Å². The molecular formula is C11H14O3S. The standard InChI is InChI=1S/C11H14O3S/c1-5-6(2)9-7(3)8(12)10(15-9)11(13)14-4/h5,12H,1-4H3. The summed E-state index contributed by atoms with van der Waals surface area (Å²) in [6.07, 6.45) is 1.94. The lowest BCUT2D eigenvalue weighted by atomic mass is 10.1. The second-order valence-corrected chi connectivity index (χ2v) is 4.22. The summed E-state index contributed by atoms with van der Waals surface area (Å²) >= 11 is 1.26. The first-order chi connectivity index (χ1) is 7.02. The molecule has 0 spiro atoms. The number of methoxy groups -OCH3 is 1. The minimum Gasteiger partial charge on any atom is -0.506 e. The molecule has 0 unspecified atom stereocenters. The minimum atomic E-state index is -0.490. The number of esters is 1. The maximum absolute atomic E-state index is 11.3. The number of hydrogen-bond acceptors (Lipinski definition) is 4. The molecule has 1 heterocycles. The Bertz CT molecular complexity index is 416. The topological polar surface area (TPSA) is 46.5 Å². The van der Waals surface area contributed by atoms with Gasteiger partial charge in [-0.1, -0.05) is 6.08 Å². The van der Waals surface area contributed by atoms with Gasteiger partial charge < -0.3 is 9.84 Å². The number of carbonyl (C=O) groups is 1. The normalized spacial score (nSPS) is 11.6. The molecule has 0 bridgehead atoms. The highest BCUT2D eigenvalue weighted by Gasteiger charge is 2.20. The van der Waals surface area contributed by atoms with Gasteiger partial charge in [0.15, 0.2) is 4.88 Å². The third kappa shape index (κ3) is 2.04. The minimum absolute atomic E-state index is 0.0306. The van der Waals surface area contributed by atoms with Crippen LogP contribution in [0.4, 0.5) is 0 Å². The van der Waals surface area contributed by atoms with Gasteiger partial charge in [-0.2, -0.15) is 0 Å². The van der Waals surface area contributed by atoms with E-state index in [2.05, 4.69) is 4.74 Å². The van der Waals surface area contributed by atoms with Crippen LogP contribution in [0.3, 0.4) is 0 Å². The lowest BCUT2D eigenvalue weighted by Gasteiger charge is -1.96. The first kappa shape index (κ1) is 11.8. The fourth-order valence-corrected chi connectivity index (χ4v) is 2.39. The monoisotopic (exact) mass is 226 g/mol. The van der Waals surface area contributed by atoms with Crippen LogP contribution in [0, 0.1) is 6.92 Å². The first-order valence-corrected chi connectivity index (χ1v) is 5.38. The van der Waals surface area contributed by atoms with Crippen molar-refractivity contribution in [1.82, 2.24) is 0 Å². The van der Waals surface area contributed by atoms with Crippen molar-refractivity contribution in [3.8, 4) is 5.75 Å². The maximum Gasteiger partial charge on any atom is 0.351 e. The van der Waals surface area contributed by atoms with Crippen LogP contribution in [0.1, 0.15) is 34.0 Å². The van der Waals surface area contributed by atoms with E-state index in [9.17, 15) is 9.90 Å². The number of thiophene rings is 1. The molecule has 1 N–H and O–H groups in total. The zero-order valence-corrected chi connectivity index (χ0v) is 10.1. The summed E-state index contributed by atoms with van der Waals surface area (Å²) in [6, 6.07) is 0. The van der Waals surface area contributed by atoms with Crippen LogP contribution in [0.25, 0.3) is 5.57 Å². The number of ether oxygens (including phenoxy) is 1. The average molecular weight is 226 g/mol. The lowest BCUT2D eigenvalue weighted by molar-refractivity contribution is 0.0603. The van der Waals surface area contributed by atoms with E-state index in [4.69, 9.17) is 0 Å². The van der Waals surface area contributed by atoms with Crippen LogP contribution in [-0.4, -0.2) is 18.2 Å². The van der Waals surface area contributed by atoms with Gasteiger partial charge in [0.1, 0.15) is 5.75 Å². The van der Waals surface area contributed by atoms with Crippen LogP contribution >= 0.6 is 11.3 Å². The van der Waals surface area contributed by atoms with Crippen LogP contribution in [0.5, 0.6) is 5.75 Å². The van der Waals surface area contributed by atoms with Gasteiger partial charge in [-0.05, 0) is 26.3 Å². The van der Waals surface area contributed by atoms with Crippen molar-refractivity contribution in [3.63, 3.8) is 0 Å². The van der Waals surface area contributed by atoms with Crippen LogP contribution in [-0.2, 0) is 4.74 Å². The Kier molecular flexibility index (Phi) is 3.52. The summed E-state index contributed by atoms with van der Waals surface area (Å²) < 4.78 is 4.59. The zero-order chi connectivity index (χ0) is 11.6. The SMILES string of the molecule is CC=C(C)c1sc(C(=O)OC)c(O)c1C. The second kappa shape index (κ2) is 4.49. The van der Waals surface area contributed by atoms with E-state index in [1.807, 2.05) is 19.9 Å². The molecule has 0 amide bonds. The molecule has 0 aliphatic heterocycles. The Labute approximate surface area is 93.0 Å². The molecule has 0 atom stereocenters. The van der Waals surface area contributed by atoms with Gasteiger partial charge in [0.05, 0.1) is 7.11 Å². The molecular weight excluding hydrogens is 212 g/mol. The lowest BCUT2D eigenvalue weighted by Crippen LogP contribution is -1.97. The summed E-state index contributed by atoms with van der Waals surface area (Å²) in [5, 5.41) is 9.75. The van der Waals surface area contributed by atoms with Gasteiger partial charge in [0, 0.05) is 10.4 Å². The summed E-state index contributed by atoms with van der Waals surface area (Å²) in [6.45, 7) is 5.66. The molecule has 0 radical (unpaired) electrons. The fourth-order valence-electron chi connectivity index (χ4n) is 1.24. The van der Waals surface area contributed by atoms with Gasteiger partial charge in [0.2, 0.25) is 0 Å². The molecule has 4 heteroatoms. The molecule has 0 saturated heterocycles. The van der Waals surface area contributed by atoms with Crippen molar-refractivity contribution in [3.05, 3.63) is 21.4 Å². The molecule has 15 heavy (non-hydrogen) atoms. The number of carbonyl (C=O) groups excluding carboxylic acids is 1. The van der Waals surface area contributed by atoms with E-state index in [1.54, 1.807) is 6.92 Å². The molecule has 1 aromatic heterocycles. The number of aromatic hydroxyl groups is 1. The number of hydrogen-bond donors (Lipinski definition) is 1. The Morgan fingerprint density at radius 2 is 2.07 bits per heavy atom. The average Bonchev–Trinajstić information content (AvgIpc) is 2.54. The summed E-state index contributed by atoms with van der Waals surface area (Å²) in [4.78, 5) is 12.5. The largest absolute Gasteiger partial charge is 0.506 e. The number of allylic oxidation sites excluding steroid dienone is 2. The van der Waals surface area contributed by atoms with Crippen molar-refractivity contribution < 1.29 is 14.6 Å². The molecule has 0 saturated carbocycles. The predicted octanol–water partition coefficient (Wildman–Crippen LogP) is 2.97. The fraction of sp³-hybridized carbons (Fsp3) is 0.364. The molecule has 3 nitrogen and oxygen atoms in total. The number of rotatable bonds is 2. The highest BCUT2D eigenvalue weighted by atomic mass is 32.1. The van der Waals surface area contributed by atoms with E-state index < -0.39 is 5.97 Å². The second-order valence-electron chi connectivity index (χ2n) is 3.20. The van der Waals surface area contributed by atoms with Gasteiger partial charge in [0.25, 0.3) is 0 Å². The van der Waals surface area contributed by atoms with Crippen molar-refractivity contribution in [2.75, 3.05) is 7.11 Å². The smallest absolute Gasteiger partial charge is 0.351 e. The van der Waals surface area contributed by atoms with Gasteiger partial charge in [-0.15, -0.1) is 11.3 Å². The zero-order valence-electron chi connectivity index (χ0n) is 9.25. The van der Waals surface area contributed by atoms with E-state index >= 15 is 0 Å². The molecule has 82 valence electrons. The van der Waals surface area contributed by atoms with Crippen LogP contribution in [0.15, 0.2) is 6.08 Å². The van der Waals surface area contributed by atoms with Crippen molar-refractivity contribution in [2.45, 2.75) is 20.8 Å². The van der Waals surface area contributed by atoms with Gasteiger partial charge in [-0.25, -0.2) is 4.79 Å². The Morgan fingerprint density at radius 1 is 1.47 bits per heavy atom. The Morgan fingerprint density at radius 3 is 2.53 bits per heavy atom.